The Bertz CT molecular complexity index is 895. The van der Waals surface area contributed by atoms with Gasteiger partial charge in [0.1, 0.15) is 13.2 Å². The molecule has 0 heterocycles. The third kappa shape index (κ3) is 9.22. The van der Waals surface area contributed by atoms with E-state index < -0.39 is 12.2 Å². The number of nitrogens with one attached hydrogen (secondary N) is 2. The second-order valence-corrected chi connectivity index (χ2v) is 8.83. The molecule has 2 aliphatic rings. The lowest BCUT2D eigenvalue weighted by molar-refractivity contribution is 0.0770. The number of carbonyl (C=O) groups excluding carboxylic acids is 2. The summed E-state index contributed by atoms with van der Waals surface area (Å²) < 4.78 is 15.6. The van der Waals surface area contributed by atoms with Crippen LogP contribution in [0.15, 0.2) is 60.7 Å². The number of aliphatic hydroxyl groups excluding tert-OH is 1. The molecule has 190 valence electrons. The quantitative estimate of drug-likeness (QED) is 0.541. The van der Waals surface area contributed by atoms with Crippen molar-refractivity contribution in [2.75, 3.05) is 7.11 Å². The van der Waals surface area contributed by atoms with Crippen LogP contribution in [0.4, 0.5) is 9.59 Å². The molecule has 2 aromatic rings. The number of hydrogen-bond acceptors (Lipinski definition) is 6. The number of carbonyl (C=O) groups is 2. The SMILES string of the molecule is CO[C@H]1CCC[C@@H]1NC(=O)OCc1ccccc1.O=C(N[C@H]1CCC[C@@H]1O)OCc1ccccc1. The van der Waals surface area contributed by atoms with E-state index in [9.17, 15) is 14.7 Å². The number of benzene rings is 2. The van der Waals surface area contributed by atoms with Gasteiger partial charge in [-0.2, -0.15) is 0 Å². The first-order valence-electron chi connectivity index (χ1n) is 12.2. The van der Waals surface area contributed by atoms with E-state index in [4.69, 9.17) is 14.2 Å². The number of alkyl carbamates (subject to hydrolysis) is 2. The van der Waals surface area contributed by atoms with Gasteiger partial charge in [-0.1, -0.05) is 60.7 Å². The van der Waals surface area contributed by atoms with Crippen LogP contribution < -0.4 is 10.6 Å². The topological polar surface area (TPSA) is 106 Å². The van der Waals surface area contributed by atoms with Gasteiger partial charge in [-0.15, -0.1) is 0 Å². The van der Waals surface area contributed by atoms with Crippen LogP contribution in [0.2, 0.25) is 0 Å². The van der Waals surface area contributed by atoms with Gasteiger partial charge in [0.2, 0.25) is 0 Å². The van der Waals surface area contributed by atoms with Crippen LogP contribution in [0.1, 0.15) is 49.7 Å². The Balaban J connectivity index is 0.000000196. The summed E-state index contributed by atoms with van der Waals surface area (Å²) in [6, 6.07) is 19.1. The molecular formula is C27H36N2O6. The van der Waals surface area contributed by atoms with Crippen molar-refractivity contribution in [3.8, 4) is 0 Å². The molecule has 2 saturated carbocycles. The van der Waals surface area contributed by atoms with Crippen molar-refractivity contribution in [2.24, 2.45) is 0 Å². The molecule has 35 heavy (non-hydrogen) atoms. The smallest absolute Gasteiger partial charge is 0.407 e. The van der Waals surface area contributed by atoms with Crippen molar-refractivity contribution in [2.45, 2.75) is 76.0 Å². The van der Waals surface area contributed by atoms with E-state index in [0.717, 1.165) is 49.7 Å². The fourth-order valence-corrected chi connectivity index (χ4v) is 4.31. The Labute approximate surface area is 207 Å². The Morgan fingerprint density at radius 1 is 0.771 bits per heavy atom. The van der Waals surface area contributed by atoms with Gasteiger partial charge >= 0.3 is 12.2 Å². The third-order valence-electron chi connectivity index (χ3n) is 6.27. The van der Waals surface area contributed by atoms with Crippen molar-refractivity contribution in [3.05, 3.63) is 71.8 Å². The molecule has 2 aromatic carbocycles. The van der Waals surface area contributed by atoms with Crippen molar-refractivity contribution < 1.29 is 28.9 Å². The standard InChI is InChI=1S/C14H19NO3.C13H17NO3/c1-17-13-9-5-8-12(13)15-14(16)18-10-11-6-3-2-4-7-11;15-12-8-4-7-11(12)14-13(16)17-9-10-5-2-1-3-6-10/h2-4,6-7,12-13H,5,8-10H2,1H3,(H,15,16);1-3,5-6,11-12,15H,4,7-9H2,(H,14,16)/t12-,13-;11-,12-/m00/s1. The predicted molar refractivity (Wildman–Crippen MR) is 132 cm³/mol. The molecule has 2 aliphatic carbocycles. The van der Waals surface area contributed by atoms with Gasteiger partial charge in [0.15, 0.2) is 0 Å². The second-order valence-electron chi connectivity index (χ2n) is 8.83. The van der Waals surface area contributed by atoms with E-state index in [0.29, 0.717) is 6.61 Å². The first-order valence-corrected chi connectivity index (χ1v) is 12.2. The summed E-state index contributed by atoms with van der Waals surface area (Å²) in [6.45, 7) is 0.562. The van der Waals surface area contributed by atoms with Crippen molar-refractivity contribution in [1.29, 1.82) is 0 Å². The molecule has 0 unspecified atom stereocenters. The highest BCUT2D eigenvalue weighted by atomic mass is 16.6. The highest BCUT2D eigenvalue weighted by molar-refractivity contribution is 5.68. The molecule has 0 radical (unpaired) electrons. The number of amides is 2. The average molecular weight is 485 g/mol. The summed E-state index contributed by atoms with van der Waals surface area (Å²) in [5, 5.41) is 15.1. The van der Waals surface area contributed by atoms with E-state index >= 15 is 0 Å². The molecule has 0 aromatic heterocycles. The van der Waals surface area contributed by atoms with Gasteiger partial charge in [0.25, 0.3) is 0 Å². The molecule has 4 atom stereocenters. The summed E-state index contributed by atoms with van der Waals surface area (Å²) >= 11 is 0. The fraction of sp³-hybridized carbons (Fsp3) is 0.481. The highest BCUT2D eigenvalue weighted by Crippen LogP contribution is 2.21. The first kappa shape index (κ1) is 26.5. The molecule has 0 spiro atoms. The second kappa shape index (κ2) is 14.3. The molecule has 0 aliphatic heterocycles. The summed E-state index contributed by atoms with van der Waals surface area (Å²) in [7, 11) is 1.68. The highest BCUT2D eigenvalue weighted by Gasteiger charge is 2.29. The molecule has 0 bridgehead atoms. The third-order valence-corrected chi connectivity index (χ3v) is 6.27. The van der Waals surface area contributed by atoms with Crippen LogP contribution in [0.3, 0.4) is 0 Å². The van der Waals surface area contributed by atoms with Crippen LogP contribution >= 0.6 is 0 Å². The minimum absolute atomic E-state index is 0.0817. The minimum Gasteiger partial charge on any atom is -0.445 e. The maximum absolute atomic E-state index is 11.6. The number of rotatable bonds is 7. The largest absolute Gasteiger partial charge is 0.445 e. The van der Waals surface area contributed by atoms with E-state index in [1.54, 1.807) is 7.11 Å². The zero-order chi connectivity index (χ0) is 24.9. The van der Waals surface area contributed by atoms with Crippen LogP contribution in [0.25, 0.3) is 0 Å². The van der Waals surface area contributed by atoms with E-state index in [2.05, 4.69) is 10.6 Å². The summed E-state index contributed by atoms with van der Waals surface area (Å²) in [5.74, 6) is 0. The van der Waals surface area contributed by atoms with Crippen LogP contribution in [0, 0.1) is 0 Å². The van der Waals surface area contributed by atoms with Crippen LogP contribution in [-0.2, 0) is 27.4 Å². The summed E-state index contributed by atoms with van der Waals surface area (Å²) in [4.78, 5) is 23.1. The number of hydrogen-bond donors (Lipinski definition) is 3. The molecule has 2 fully saturated rings. The fourth-order valence-electron chi connectivity index (χ4n) is 4.31. The molecule has 3 N–H and O–H groups in total. The van der Waals surface area contributed by atoms with E-state index in [1.165, 1.54) is 0 Å². The lowest BCUT2D eigenvalue weighted by Crippen LogP contribution is -2.40. The van der Waals surface area contributed by atoms with Crippen LogP contribution in [0.5, 0.6) is 0 Å². The number of aliphatic hydroxyl groups is 1. The van der Waals surface area contributed by atoms with E-state index in [-0.39, 0.29) is 30.9 Å². The van der Waals surface area contributed by atoms with E-state index in [1.807, 2.05) is 60.7 Å². The Kier molecular flexibility index (Phi) is 10.9. The maximum atomic E-state index is 11.6. The lowest BCUT2D eigenvalue weighted by Gasteiger charge is -2.19. The van der Waals surface area contributed by atoms with Gasteiger partial charge in [0, 0.05) is 7.11 Å². The Hall–Kier alpha value is -3.10. The van der Waals surface area contributed by atoms with Gasteiger partial charge in [0.05, 0.1) is 24.3 Å². The molecule has 4 rings (SSSR count). The molecule has 8 nitrogen and oxygen atoms in total. The predicted octanol–water partition coefficient (Wildman–Crippen LogP) is 4.31. The Morgan fingerprint density at radius 3 is 1.74 bits per heavy atom. The molecule has 2 amide bonds. The van der Waals surface area contributed by atoms with Crippen molar-refractivity contribution in [3.63, 3.8) is 0 Å². The zero-order valence-corrected chi connectivity index (χ0v) is 20.2. The van der Waals surface area contributed by atoms with Crippen molar-refractivity contribution >= 4 is 12.2 Å². The molecular weight excluding hydrogens is 448 g/mol. The average Bonchev–Trinajstić information content (AvgIpc) is 3.51. The van der Waals surface area contributed by atoms with Gasteiger partial charge in [-0.05, 0) is 49.7 Å². The van der Waals surface area contributed by atoms with Crippen molar-refractivity contribution in [1.82, 2.24) is 10.6 Å². The van der Waals surface area contributed by atoms with Gasteiger partial charge in [-0.25, -0.2) is 9.59 Å². The first-order chi connectivity index (χ1) is 17.0. The maximum Gasteiger partial charge on any atom is 0.407 e. The zero-order valence-electron chi connectivity index (χ0n) is 20.2. The summed E-state index contributed by atoms with van der Waals surface area (Å²) in [6.07, 6.45) is 4.43. The Morgan fingerprint density at radius 2 is 1.26 bits per heavy atom. The number of methoxy groups -OCH3 is 1. The molecule has 0 saturated heterocycles. The minimum atomic E-state index is -0.459. The monoisotopic (exact) mass is 484 g/mol. The molecule has 8 heteroatoms. The normalized spacial score (nSPS) is 23.0. The van der Waals surface area contributed by atoms with Gasteiger partial charge < -0.3 is 30.0 Å². The summed E-state index contributed by atoms with van der Waals surface area (Å²) in [5.41, 5.74) is 1.94. The number of ether oxygens (including phenoxy) is 3. The lowest BCUT2D eigenvalue weighted by atomic mass is 10.2. The van der Waals surface area contributed by atoms with Gasteiger partial charge in [-0.3, -0.25) is 0 Å². The van der Waals surface area contributed by atoms with Crippen LogP contribution in [-0.4, -0.2) is 48.7 Å².